The van der Waals surface area contributed by atoms with Gasteiger partial charge in [-0.2, -0.15) is 0 Å². The van der Waals surface area contributed by atoms with Crippen molar-refractivity contribution in [2.24, 2.45) is 0 Å². The number of carbonyl (C=O) groups excluding carboxylic acids is 1. The summed E-state index contributed by atoms with van der Waals surface area (Å²) in [5.74, 6) is 1.03. The number of aryl methyl sites for hydroxylation is 1. The Morgan fingerprint density at radius 1 is 1.11 bits per heavy atom. The minimum absolute atomic E-state index is 0.0553. The maximum Gasteiger partial charge on any atom is 0.246 e. The van der Waals surface area contributed by atoms with E-state index >= 15 is 0 Å². The van der Waals surface area contributed by atoms with Crippen molar-refractivity contribution in [3.8, 4) is 5.13 Å². The Hall–Kier alpha value is -2.93. The van der Waals surface area contributed by atoms with Gasteiger partial charge in [0.2, 0.25) is 5.91 Å². The van der Waals surface area contributed by atoms with E-state index in [0.29, 0.717) is 13.1 Å². The maximum absolute atomic E-state index is 12.6. The molecule has 0 spiro atoms. The molecule has 144 valence electrons. The molecule has 6 nitrogen and oxygen atoms in total. The van der Waals surface area contributed by atoms with Gasteiger partial charge in [-0.25, -0.2) is 9.97 Å². The summed E-state index contributed by atoms with van der Waals surface area (Å²) in [6.07, 6.45) is 7.21. The third kappa shape index (κ3) is 3.71. The van der Waals surface area contributed by atoms with Crippen molar-refractivity contribution >= 4 is 29.1 Å². The lowest BCUT2D eigenvalue weighted by molar-refractivity contribution is -0.126. The molecule has 28 heavy (non-hydrogen) atoms. The zero-order valence-electron chi connectivity index (χ0n) is 16.1. The van der Waals surface area contributed by atoms with E-state index < -0.39 is 0 Å². The van der Waals surface area contributed by atoms with Gasteiger partial charge >= 0.3 is 0 Å². The highest BCUT2D eigenvalue weighted by molar-refractivity contribution is 7.12. The van der Waals surface area contributed by atoms with Crippen LogP contribution in [0, 0.1) is 13.8 Å². The van der Waals surface area contributed by atoms with Crippen LogP contribution in [0.25, 0.3) is 11.2 Å². The van der Waals surface area contributed by atoms with Gasteiger partial charge in [0.05, 0.1) is 0 Å². The number of carbonyl (C=O) groups is 1. The molecule has 4 rings (SSSR count). The van der Waals surface area contributed by atoms with Crippen LogP contribution in [0.2, 0.25) is 0 Å². The number of rotatable bonds is 4. The number of nitrogens with zero attached hydrogens (tertiary/aromatic N) is 5. The molecule has 0 radical (unpaired) electrons. The molecule has 0 unspecified atom stereocenters. The van der Waals surface area contributed by atoms with Crippen molar-refractivity contribution in [2.75, 3.05) is 31.1 Å². The second-order valence-corrected chi connectivity index (χ2v) is 7.68. The quantitative estimate of drug-likeness (QED) is 0.638. The summed E-state index contributed by atoms with van der Waals surface area (Å²) in [5, 5.41) is 2.92. The fraction of sp³-hybridized carbons (Fsp3) is 0.286. The first-order chi connectivity index (χ1) is 13.6. The molecule has 3 aromatic rings. The lowest BCUT2D eigenvalue weighted by Gasteiger charge is -2.34. The first-order valence-electron chi connectivity index (χ1n) is 9.35. The summed E-state index contributed by atoms with van der Waals surface area (Å²) in [6.45, 7) is 7.13. The molecule has 1 amide bonds. The van der Waals surface area contributed by atoms with Gasteiger partial charge in [0.1, 0.15) is 5.82 Å². The van der Waals surface area contributed by atoms with Crippen molar-refractivity contribution in [2.45, 2.75) is 13.8 Å². The molecule has 1 aliphatic rings. The number of aromatic nitrogens is 3. The summed E-state index contributed by atoms with van der Waals surface area (Å²) in [5.41, 5.74) is 3.26. The highest BCUT2D eigenvalue weighted by atomic mass is 32.1. The minimum atomic E-state index is 0.0553. The van der Waals surface area contributed by atoms with E-state index in [0.717, 1.165) is 41.0 Å². The molecule has 1 aliphatic heterocycles. The van der Waals surface area contributed by atoms with Gasteiger partial charge in [-0.05, 0) is 43.7 Å². The molecule has 0 N–H and O–H groups in total. The molecule has 4 heterocycles. The number of pyridine rings is 1. The van der Waals surface area contributed by atoms with Crippen LogP contribution >= 0.6 is 11.3 Å². The Morgan fingerprint density at radius 3 is 2.61 bits per heavy atom. The van der Waals surface area contributed by atoms with Gasteiger partial charge < -0.3 is 9.80 Å². The molecule has 3 aromatic heterocycles. The number of anilines is 1. The third-order valence-electron chi connectivity index (χ3n) is 5.05. The van der Waals surface area contributed by atoms with E-state index in [1.165, 1.54) is 0 Å². The van der Waals surface area contributed by atoms with Crippen LogP contribution in [0.15, 0.2) is 48.1 Å². The first-order valence-corrected chi connectivity index (χ1v) is 10.2. The van der Waals surface area contributed by atoms with Gasteiger partial charge in [0.15, 0.2) is 5.13 Å². The molecule has 0 bridgehead atoms. The van der Waals surface area contributed by atoms with Gasteiger partial charge in [0.25, 0.3) is 0 Å². The lowest BCUT2D eigenvalue weighted by atomic mass is 10.2. The zero-order chi connectivity index (χ0) is 19.5. The molecule has 1 fully saturated rings. The summed E-state index contributed by atoms with van der Waals surface area (Å²) in [4.78, 5) is 25.5. The van der Waals surface area contributed by atoms with Crippen molar-refractivity contribution in [1.29, 1.82) is 0 Å². The fourth-order valence-corrected chi connectivity index (χ4v) is 4.29. The van der Waals surface area contributed by atoms with Gasteiger partial charge in [-0.15, -0.1) is 11.3 Å². The number of hydrogen-bond donors (Lipinski definition) is 0. The van der Waals surface area contributed by atoms with E-state index in [-0.39, 0.29) is 5.91 Å². The maximum atomic E-state index is 12.6. The van der Waals surface area contributed by atoms with Gasteiger partial charge in [-0.1, -0.05) is 6.07 Å². The standard InChI is InChI=1S/C21H23N5OS/c1-16-15-18(17(2)26(16)21-23-9-14-28-21)6-7-20(27)25-12-10-24(11-13-25)19-5-3-4-8-22-19/h3-9,14-15H,10-13H2,1-2H3/b7-6+. The largest absolute Gasteiger partial charge is 0.353 e. The molecule has 0 atom stereocenters. The number of amides is 1. The summed E-state index contributed by atoms with van der Waals surface area (Å²) in [7, 11) is 0. The lowest BCUT2D eigenvalue weighted by Crippen LogP contribution is -2.48. The SMILES string of the molecule is Cc1cc(/C=C/C(=O)N2CCN(c3ccccn3)CC2)c(C)n1-c1nccs1. The monoisotopic (exact) mass is 393 g/mol. The van der Waals surface area contributed by atoms with Crippen molar-refractivity contribution in [1.82, 2.24) is 19.4 Å². The summed E-state index contributed by atoms with van der Waals surface area (Å²) in [6, 6.07) is 8.01. The van der Waals surface area contributed by atoms with Crippen LogP contribution in [0.3, 0.4) is 0 Å². The summed E-state index contributed by atoms with van der Waals surface area (Å²) >= 11 is 1.61. The predicted octanol–water partition coefficient (Wildman–Crippen LogP) is 3.31. The van der Waals surface area contributed by atoms with E-state index in [1.54, 1.807) is 23.6 Å². The number of piperazine rings is 1. The Bertz CT molecular complexity index is 970. The van der Waals surface area contributed by atoms with Crippen molar-refractivity contribution < 1.29 is 4.79 Å². The van der Waals surface area contributed by atoms with Gasteiger partial charge in [-0.3, -0.25) is 9.36 Å². The minimum Gasteiger partial charge on any atom is -0.353 e. The Morgan fingerprint density at radius 2 is 1.93 bits per heavy atom. The van der Waals surface area contributed by atoms with E-state index in [2.05, 4.69) is 39.3 Å². The average Bonchev–Trinajstić information content (AvgIpc) is 3.34. The first kappa shape index (κ1) is 18.4. The molecular formula is C21H23N5OS. The fourth-order valence-electron chi connectivity index (χ4n) is 3.54. The molecule has 0 aliphatic carbocycles. The molecular weight excluding hydrogens is 370 g/mol. The Kier molecular flexibility index (Phi) is 5.25. The number of thiazole rings is 1. The molecule has 0 saturated carbocycles. The molecule has 7 heteroatoms. The van der Waals surface area contributed by atoms with E-state index in [1.807, 2.05) is 40.8 Å². The summed E-state index contributed by atoms with van der Waals surface area (Å²) < 4.78 is 2.13. The Balaban J connectivity index is 1.41. The van der Waals surface area contributed by atoms with Crippen molar-refractivity contribution in [3.05, 3.63) is 65.1 Å². The predicted molar refractivity (Wildman–Crippen MR) is 113 cm³/mol. The van der Waals surface area contributed by atoms with Crippen LogP contribution in [0.4, 0.5) is 5.82 Å². The Labute approximate surface area is 168 Å². The highest BCUT2D eigenvalue weighted by Gasteiger charge is 2.20. The van der Waals surface area contributed by atoms with Crippen molar-refractivity contribution in [3.63, 3.8) is 0 Å². The normalized spacial score (nSPS) is 14.8. The zero-order valence-corrected chi connectivity index (χ0v) is 16.9. The van der Waals surface area contributed by atoms with Crippen LogP contribution < -0.4 is 4.90 Å². The van der Waals surface area contributed by atoms with E-state index in [9.17, 15) is 4.79 Å². The average molecular weight is 394 g/mol. The highest BCUT2D eigenvalue weighted by Crippen LogP contribution is 2.23. The molecule has 0 aromatic carbocycles. The van der Waals surface area contributed by atoms with Crippen LogP contribution in [-0.4, -0.2) is 51.5 Å². The van der Waals surface area contributed by atoms with Gasteiger partial charge in [0, 0.05) is 61.4 Å². The molecule has 1 saturated heterocycles. The number of hydrogen-bond acceptors (Lipinski definition) is 5. The smallest absolute Gasteiger partial charge is 0.246 e. The second kappa shape index (κ2) is 7.98. The van der Waals surface area contributed by atoms with Crippen LogP contribution in [-0.2, 0) is 4.79 Å². The van der Waals surface area contributed by atoms with E-state index in [4.69, 9.17) is 0 Å². The van der Waals surface area contributed by atoms with Crippen LogP contribution in [0.5, 0.6) is 0 Å². The third-order valence-corrected chi connectivity index (χ3v) is 5.81. The van der Waals surface area contributed by atoms with Crippen LogP contribution in [0.1, 0.15) is 17.0 Å². The second-order valence-electron chi connectivity index (χ2n) is 6.81. The topological polar surface area (TPSA) is 54.3 Å².